The molecule has 1 aliphatic heterocycles. The summed E-state index contributed by atoms with van der Waals surface area (Å²) in [4.78, 5) is 34.7. The van der Waals surface area contributed by atoms with Gasteiger partial charge in [-0.3, -0.25) is 19.7 Å². The van der Waals surface area contributed by atoms with Crippen molar-refractivity contribution in [3.8, 4) is 0 Å². The number of halogens is 1. The van der Waals surface area contributed by atoms with Crippen LogP contribution < -0.4 is 10.6 Å². The number of nitrogens with two attached hydrogens (primary N) is 1. The predicted molar refractivity (Wildman–Crippen MR) is 70.5 cm³/mol. The summed E-state index contributed by atoms with van der Waals surface area (Å²) >= 11 is 3.09. The molecule has 1 saturated heterocycles. The molecule has 2 N–H and O–H groups in total. The standard InChI is InChI=1S/C11H10BrN3O4/c12-7-2-1-3-8(10(7)15(18)19)14-5-6(11(13)17)4-9(14)16/h1-3,6H,4-5H2,(H2,13,17). The number of hydrogen-bond donors (Lipinski definition) is 1. The lowest BCUT2D eigenvalue weighted by atomic mass is 10.1. The van der Waals surface area contributed by atoms with Crippen LogP contribution in [-0.2, 0) is 9.59 Å². The van der Waals surface area contributed by atoms with Crippen molar-refractivity contribution in [3.05, 3.63) is 32.8 Å². The van der Waals surface area contributed by atoms with E-state index in [0.29, 0.717) is 0 Å². The number of rotatable bonds is 3. The lowest BCUT2D eigenvalue weighted by Gasteiger charge is -2.16. The average Bonchev–Trinajstić information content (AvgIpc) is 2.70. The predicted octanol–water partition coefficient (Wildman–Crippen LogP) is 1.20. The molecule has 0 aromatic heterocycles. The van der Waals surface area contributed by atoms with Gasteiger partial charge in [-0.2, -0.15) is 0 Å². The van der Waals surface area contributed by atoms with Crippen LogP contribution in [0.5, 0.6) is 0 Å². The quantitative estimate of drug-likeness (QED) is 0.664. The first-order valence-corrected chi connectivity index (χ1v) is 6.23. The van der Waals surface area contributed by atoms with Crippen molar-refractivity contribution in [2.75, 3.05) is 11.4 Å². The summed E-state index contributed by atoms with van der Waals surface area (Å²) in [5, 5.41) is 11.1. The van der Waals surface area contributed by atoms with E-state index in [2.05, 4.69) is 15.9 Å². The Bertz CT molecular complexity index is 575. The van der Waals surface area contributed by atoms with Gasteiger partial charge in [-0.25, -0.2) is 0 Å². The molecule has 0 aliphatic carbocycles. The van der Waals surface area contributed by atoms with Gasteiger partial charge in [0.25, 0.3) is 0 Å². The van der Waals surface area contributed by atoms with Crippen LogP contribution >= 0.6 is 15.9 Å². The van der Waals surface area contributed by atoms with E-state index in [1.165, 1.54) is 17.0 Å². The minimum Gasteiger partial charge on any atom is -0.369 e. The van der Waals surface area contributed by atoms with E-state index in [1.54, 1.807) is 6.07 Å². The van der Waals surface area contributed by atoms with E-state index >= 15 is 0 Å². The van der Waals surface area contributed by atoms with Gasteiger partial charge in [0.1, 0.15) is 5.69 Å². The first-order valence-electron chi connectivity index (χ1n) is 5.44. The number of nitro groups is 1. The van der Waals surface area contributed by atoms with Gasteiger partial charge in [-0.15, -0.1) is 0 Å². The number of primary amides is 1. The highest BCUT2D eigenvalue weighted by atomic mass is 79.9. The van der Waals surface area contributed by atoms with Crippen molar-refractivity contribution in [3.63, 3.8) is 0 Å². The third-order valence-electron chi connectivity index (χ3n) is 2.97. The highest BCUT2D eigenvalue weighted by Crippen LogP contribution is 2.37. The van der Waals surface area contributed by atoms with E-state index in [-0.39, 0.29) is 34.7 Å². The van der Waals surface area contributed by atoms with E-state index < -0.39 is 16.7 Å². The number of hydrogen-bond acceptors (Lipinski definition) is 4. The number of para-hydroxylation sites is 1. The van der Waals surface area contributed by atoms with Gasteiger partial charge >= 0.3 is 5.69 Å². The van der Waals surface area contributed by atoms with Crippen molar-refractivity contribution in [2.24, 2.45) is 11.7 Å². The summed E-state index contributed by atoms with van der Waals surface area (Å²) in [5.74, 6) is -1.52. The Morgan fingerprint density at radius 1 is 1.53 bits per heavy atom. The zero-order valence-corrected chi connectivity index (χ0v) is 11.3. The second-order valence-corrected chi connectivity index (χ2v) is 5.03. The van der Waals surface area contributed by atoms with Crippen LogP contribution in [0.1, 0.15) is 6.42 Å². The Hall–Kier alpha value is -1.96. The first kappa shape index (κ1) is 13.5. The minimum atomic E-state index is -0.605. The second-order valence-electron chi connectivity index (χ2n) is 4.17. The van der Waals surface area contributed by atoms with Crippen molar-refractivity contribution >= 4 is 39.1 Å². The normalized spacial score (nSPS) is 18.7. The zero-order valence-electron chi connectivity index (χ0n) is 9.71. The number of carbonyl (C=O) groups excluding carboxylic acids is 2. The molecule has 1 unspecified atom stereocenters. The molecule has 100 valence electrons. The molecule has 1 aromatic rings. The highest BCUT2D eigenvalue weighted by Gasteiger charge is 2.37. The van der Waals surface area contributed by atoms with Crippen LogP contribution in [0.2, 0.25) is 0 Å². The Labute approximate surface area is 116 Å². The molecule has 1 heterocycles. The molecule has 8 heteroatoms. The number of nitrogens with zero attached hydrogens (tertiary/aromatic N) is 2. The third-order valence-corrected chi connectivity index (χ3v) is 3.61. The number of benzene rings is 1. The molecule has 2 rings (SSSR count). The molecular formula is C11H10BrN3O4. The Kier molecular flexibility index (Phi) is 3.52. The number of amides is 2. The number of carbonyl (C=O) groups is 2. The van der Waals surface area contributed by atoms with Crippen LogP contribution in [-0.4, -0.2) is 23.3 Å². The maximum atomic E-state index is 11.9. The van der Waals surface area contributed by atoms with E-state index in [1.807, 2.05) is 0 Å². The van der Waals surface area contributed by atoms with Crippen molar-refractivity contribution in [2.45, 2.75) is 6.42 Å². The van der Waals surface area contributed by atoms with E-state index in [9.17, 15) is 19.7 Å². The SMILES string of the molecule is NC(=O)C1CC(=O)N(c2cccc(Br)c2[N+](=O)[O-])C1. The molecule has 7 nitrogen and oxygen atoms in total. The van der Waals surface area contributed by atoms with Crippen LogP contribution in [0, 0.1) is 16.0 Å². The molecule has 2 amide bonds. The van der Waals surface area contributed by atoms with Gasteiger partial charge in [-0.05, 0) is 28.1 Å². The van der Waals surface area contributed by atoms with Gasteiger partial charge in [0.05, 0.1) is 15.3 Å². The summed E-state index contributed by atoms with van der Waals surface area (Å²) < 4.78 is 0.283. The first-order chi connectivity index (χ1) is 8.91. The Morgan fingerprint density at radius 3 is 2.74 bits per heavy atom. The summed E-state index contributed by atoms with van der Waals surface area (Å²) in [6.45, 7) is 0.0749. The Morgan fingerprint density at radius 2 is 2.21 bits per heavy atom. The van der Waals surface area contributed by atoms with Crippen molar-refractivity contribution < 1.29 is 14.5 Å². The van der Waals surface area contributed by atoms with Gasteiger partial charge < -0.3 is 10.6 Å². The maximum absolute atomic E-state index is 11.9. The summed E-state index contributed by atoms with van der Waals surface area (Å²) in [6.07, 6.45) is -0.0149. The van der Waals surface area contributed by atoms with Crippen LogP contribution in [0.4, 0.5) is 11.4 Å². The molecule has 0 spiro atoms. The van der Waals surface area contributed by atoms with Gasteiger partial charge in [0.2, 0.25) is 11.8 Å². The summed E-state index contributed by atoms with van der Waals surface area (Å²) in [7, 11) is 0. The molecule has 1 fully saturated rings. The fourth-order valence-electron chi connectivity index (χ4n) is 2.03. The molecule has 1 aliphatic rings. The van der Waals surface area contributed by atoms with Crippen molar-refractivity contribution in [1.82, 2.24) is 0 Å². The number of nitro benzene ring substituents is 1. The molecule has 19 heavy (non-hydrogen) atoms. The lowest BCUT2D eigenvalue weighted by molar-refractivity contribution is -0.384. The minimum absolute atomic E-state index is 0.0149. The average molecular weight is 328 g/mol. The van der Waals surface area contributed by atoms with Crippen LogP contribution in [0.15, 0.2) is 22.7 Å². The molecule has 0 saturated carbocycles. The van der Waals surface area contributed by atoms with Gasteiger partial charge in [0, 0.05) is 13.0 Å². The second kappa shape index (κ2) is 4.96. The smallest absolute Gasteiger partial charge is 0.307 e. The highest BCUT2D eigenvalue weighted by molar-refractivity contribution is 9.10. The maximum Gasteiger partial charge on any atom is 0.307 e. The summed E-state index contributed by atoms with van der Waals surface area (Å²) in [5.41, 5.74) is 5.15. The zero-order chi connectivity index (χ0) is 14.2. The monoisotopic (exact) mass is 327 g/mol. The van der Waals surface area contributed by atoms with Crippen LogP contribution in [0.3, 0.4) is 0 Å². The lowest BCUT2D eigenvalue weighted by Crippen LogP contribution is -2.28. The van der Waals surface area contributed by atoms with E-state index in [4.69, 9.17) is 5.73 Å². The summed E-state index contributed by atoms with van der Waals surface area (Å²) in [6, 6.07) is 4.59. The topological polar surface area (TPSA) is 107 Å². The van der Waals surface area contributed by atoms with E-state index in [0.717, 1.165) is 0 Å². The fourth-order valence-corrected chi connectivity index (χ4v) is 2.53. The molecule has 0 bridgehead atoms. The molecule has 1 atom stereocenters. The molecular weight excluding hydrogens is 318 g/mol. The van der Waals surface area contributed by atoms with Crippen LogP contribution in [0.25, 0.3) is 0 Å². The third kappa shape index (κ3) is 2.43. The Balaban J connectivity index is 2.43. The largest absolute Gasteiger partial charge is 0.369 e. The number of anilines is 1. The molecule has 0 radical (unpaired) electrons. The van der Waals surface area contributed by atoms with Crippen molar-refractivity contribution in [1.29, 1.82) is 0 Å². The molecule has 1 aromatic carbocycles. The fraction of sp³-hybridized carbons (Fsp3) is 0.273. The van der Waals surface area contributed by atoms with Gasteiger partial charge in [0.15, 0.2) is 0 Å². The van der Waals surface area contributed by atoms with Gasteiger partial charge in [-0.1, -0.05) is 6.07 Å².